The Hall–Kier alpha value is -1.11. The fourth-order valence-electron chi connectivity index (χ4n) is 3.94. The van der Waals surface area contributed by atoms with Crippen molar-refractivity contribution in [2.45, 2.75) is 57.5 Å². The van der Waals surface area contributed by atoms with Gasteiger partial charge in [-0.3, -0.25) is 14.4 Å². The van der Waals surface area contributed by atoms with Gasteiger partial charge in [0.1, 0.15) is 5.69 Å². The molecule has 2 aliphatic rings. The molecule has 1 aromatic rings. The molecule has 2 aliphatic heterocycles. The van der Waals surface area contributed by atoms with Gasteiger partial charge >= 0.3 is 0 Å². The number of hydrogen-bond acceptors (Lipinski definition) is 4. The highest BCUT2D eigenvalue weighted by molar-refractivity contribution is 5.92. The van der Waals surface area contributed by atoms with Gasteiger partial charge in [0.2, 0.25) is 0 Å². The third kappa shape index (κ3) is 5.43. The van der Waals surface area contributed by atoms with Crippen molar-refractivity contribution in [1.82, 2.24) is 25.3 Å². The van der Waals surface area contributed by atoms with Crippen molar-refractivity contribution >= 4 is 18.3 Å². The van der Waals surface area contributed by atoms with E-state index in [0.717, 1.165) is 32.6 Å². The summed E-state index contributed by atoms with van der Waals surface area (Å²) in [6.45, 7) is 7.09. The number of nitrogens with one attached hydrogen (secondary N) is 2. The van der Waals surface area contributed by atoms with Gasteiger partial charge in [-0.25, -0.2) is 0 Å². The number of carbonyl (C=O) groups excluding carboxylic acids is 1. The average Bonchev–Trinajstić information content (AvgIpc) is 3.13. The van der Waals surface area contributed by atoms with E-state index in [-0.39, 0.29) is 18.3 Å². The van der Waals surface area contributed by atoms with E-state index in [4.69, 9.17) is 0 Å². The lowest BCUT2D eigenvalue weighted by Crippen LogP contribution is -2.43. The third-order valence-electron chi connectivity index (χ3n) is 5.39. The predicted octanol–water partition coefficient (Wildman–Crippen LogP) is 2.22. The molecule has 3 heterocycles. The van der Waals surface area contributed by atoms with E-state index < -0.39 is 0 Å². The Bertz CT molecular complexity index is 529. The number of rotatable bonds is 6. The molecule has 0 aromatic carbocycles. The van der Waals surface area contributed by atoms with Crippen LogP contribution < -0.4 is 10.6 Å². The van der Waals surface area contributed by atoms with Crippen LogP contribution in [0.1, 0.15) is 62.0 Å². The monoisotopic (exact) mass is 369 g/mol. The first-order valence-electron chi connectivity index (χ1n) is 9.56. The van der Waals surface area contributed by atoms with Crippen LogP contribution in [0, 0.1) is 0 Å². The molecule has 2 atom stereocenters. The summed E-state index contributed by atoms with van der Waals surface area (Å²) in [5.74, 6) is -0.0532. The van der Waals surface area contributed by atoms with Gasteiger partial charge in [0.05, 0.1) is 6.04 Å². The normalized spacial score (nSPS) is 24.5. The summed E-state index contributed by atoms with van der Waals surface area (Å²) in [6.07, 6.45) is 9.35. The van der Waals surface area contributed by atoms with Crippen LogP contribution in [0.3, 0.4) is 0 Å². The molecule has 2 unspecified atom stereocenters. The van der Waals surface area contributed by atoms with Crippen molar-refractivity contribution in [1.29, 1.82) is 0 Å². The zero-order valence-corrected chi connectivity index (χ0v) is 16.1. The summed E-state index contributed by atoms with van der Waals surface area (Å²) in [5, 5.41) is 10.9. The molecule has 1 amide bonds. The summed E-state index contributed by atoms with van der Waals surface area (Å²) in [5.41, 5.74) is 0.534. The van der Waals surface area contributed by atoms with Crippen molar-refractivity contribution in [3.8, 4) is 0 Å². The summed E-state index contributed by atoms with van der Waals surface area (Å²) in [6, 6.07) is 2.90. The summed E-state index contributed by atoms with van der Waals surface area (Å²) in [7, 11) is 0. The SMILES string of the molecule is CCC1CCCCN1CCNC(=O)c1ccn(C2CCCNC2)n1.Cl. The second kappa shape index (κ2) is 10.1. The van der Waals surface area contributed by atoms with Crippen molar-refractivity contribution in [2.24, 2.45) is 0 Å². The minimum atomic E-state index is -0.0532. The Labute approximate surface area is 157 Å². The number of carbonyl (C=O) groups is 1. The molecular formula is C18H32ClN5O. The lowest BCUT2D eigenvalue weighted by atomic mass is 10.0. The fraction of sp³-hybridized carbons (Fsp3) is 0.778. The first-order valence-corrected chi connectivity index (χ1v) is 9.56. The molecular weight excluding hydrogens is 338 g/mol. The Kier molecular flexibility index (Phi) is 8.19. The number of nitrogens with zero attached hydrogens (tertiary/aromatic N) is 3. The minimum Gasteiger partial charge on any atom is -0.349 e. The number of likely N-dealkylation sites (tertiary alicyclic amines) is 1. The van der Waals surface area contributed by atoms with Crippen molar-refractivity contribution in [2.75, 3.05) is 32.7 Å². The summed E-state index contributed by atoms with van der Waals surface area (Å²) >= 11 is 0. The summed E-state index contributed by atoms with van der Waals surface area (Å²) in [4.78, 5) is 14.8. The number of halogens is 1. The quantitative estimate of drug-likeness (QED) is 0.807. The van der Waals surface area contributed by atoms with Crippen LogP contribution in [0.15, 0.2) is 12.3 Å². The van der Waals surface area contributed by atoms with E-state index in [2.05, 4.69) is 27.6 Å². The number of hydrogen-bond donors (Lipinski definition) is 2. The molecule has 2 saturated heterocycles. The molecule has 1 aromatic heterocycles. The minimum absolute atomic E-state index is 0. The van der Waals surface area contributed by atoms with E-state index in [1.54, 1.807) is 0 Å². The molecule has 7 heteroatoms. The van der Waals surface area contributed by atoms with Crippen LogP contribution in [-0.4, -0.2) is 59.4 Å². The molecule has 2 fully saturated rings. The molecule has 0 radical (unpaired) electrons. The van der Waals surface area contributed by atoms with Crippen molar-refractivity contribution < 1.29 is 4.79 Å². The highest BCUT2D eigenvalue weighted by Gasteiger charge is 2.21. The Morgan fingerprint density at radius 1 is 1.36 bits per heavy atom. The Morgan fingerprint density at radius 2 is 2.24 bits per heavy atom. The van der Waals surface area contributed by atoms with Gasteiger partial charge in [0, 0.05) is 31.9 Å². The second-order valence-electron chi connectivity index (χ2n) is 7.03. The third-order valence-corrected chi connectivity index (χ3v) is 5.39. The van der Waals surface area contributed by atoms with E-state index in [9.17, 15) is 4.79 Å². The first-order chi connectivity index (χ1) is 11.8. The van der Waals surface area contributed by atoms with E-state index >= 15 is 0 Å². The van der Waals surface area contributed by atoms with Gasteiger partial charge in [-0.2, -0.15) is 5.10 Å². The second-order valence-corrected chi connectivity index (χ2v) is 7.03. The van der Waals surface area contributed by atoms with E-state index in [1.165, 1.54) is 32.1 Å². The van der Waals surface area contributed by atoms with Gasteiger partial charge in [-0.15, -0.1) is 12.4 Å². The molecule has 3 rings (SSSR count). The molecule has 2 N–H and O–H groups in total. The van der Waals surface area contributed by atoms with Crippen molar-refractivity contribution in [3.63, 3.8) is 0 Å². The zero-order valence-electron chi connectivity index (χ0n) is 15.2. The Balaban J connectivity index is 0.00000225. The number of piperidine rings is 2. The molecule has 0 aliphatic carbocycles. The van der Waals surface area contributed by atoms with Crippen LogP contribution in [0.4, 0.5) is 0 Å². The number of amides is 1. The zero-order chi connectivity index (χ0) is 16.8. The molecule has 25 heavy (non-hydrogen) atoms. The summed E-state index contributed by atoms with van der Waals surface area (Å²) < 4.78 is 1.94. The molecule has 0 saturated carbocycles. The van der Waals surface area contributed by atoms with Gasteiger partial charge in [0.25, 0.3) is 5.91 Å². The largest absolute Gasteiger partial charge is 0.349 e. The molecule has 6 nitrogen and oxygen atoms in total. The predicted molar refractivity (Wildman–Crippen MR) is 102 cm³/mol. The number of aromatic nitrogens is 2. The Morgan fingerprint density at radius 3 is 3.00 bits per heavy atom. The van der Waals surface area contributed by atoms with Crippen LogP contribution in [-0.2, 0) is 0 Å². The van der Waals surface area contributed by atoms with Gasteiger partial charge in [-0.05, 0) is 51.3 Å². The fourth-order valence-corrected chi connectivity index (χ4v) is 3.94. The van der Waals surface area contributed by atoms with E-state index in [0.29, 0.717) is 24.3 Å². The van der Waals surface area contributed by atoms with Gasteiger partial charge in [-0.1, -0.05) is 13.3 Å². The first kappa shape index (κ1) is 20.2. The maximum atomic E-state index is 12.3. The van der Waals surface area contributed by atoms with Crippen LogP contribution in [0.2, 0.25) is 0 Å². The average molecular weight is 370 g/mol. The van der Waals surface area contributed by atoms with Crippen molar-refractivity contribution in [3.05, 3.63) is 18.0 Å². The molecule has 0 bridgehead atoms. The van der Waals surface area contributed by atoms with Gasteiger partial charge in [0.15, 0.2) is 0 Å². The lowest BCUT2D eigenvalue weighted by Gasteiger charge is -2.35. The lowest BCUT2D eigenvalue weighted by molar-refractivity contribution is 0.0928. The molecule has 142 valence electrons. The van der Waals surface area contributed by atoms with E-state index in [1.807, 2.05) is 16.9 Å². The van der Waals surface area contributed by atoms with Gasteiger partial charge < -0.3 is 10.6 Å². The smallest absolute Gasteiger partial charge is 0.271 e. The highest BCUT2D eigenvalue weighted by Crippen LogP contribution is 2.18. The maximum Gasteiger partial charge on any atom is 0.271 e. The van der Waals surface area contributed by atoms with Crippen LogP contribution >= 0.6 is 12.4 Å². The highest BCUT2D eigenvalue weighted by atomic mass is 35.5. The topological polar surface area (TPSA) is 62.2 Å². The molecule has 0 spiro atoms. The van der Waals surface area contributed by atoms with Crippen LogP contribution in [0.5, 0.6) is 0 Å². The maximum absolute atomic E-state index is 12.3. The van der Waals surface area contributed by atoms with Crippen LogP contribution in [0.25, 0.3) is 0 Å². The standard InChI is InChI=1S/C18H31N5O.ClH/c1-2-15-6-3-4-11-22(15)13-10-20-18(24)17-8-12-23(21-17)16-7-5-9-19-14-16;/h8,12,15-16,19H,2-7,9-11,13-14H2,1H3,(H,20,24);1H.